The number of thioether (sulfide) groups is 1. The molecule has 0 bridgehead atoms. The van der Waals surface area contributed by atoms with E-state index < -0.39 is 5.56 Å². The van der Waals surface area contributed by atoms with Crippen LogP contribution in [-0.2, 0) is 0 Å². The van der Waals surface area contributed by atoms with E-state index in [0.717, 1.165) is 22.4 Å². The van der Waals surface area contributed by atoms with Crippen LogP contribution in [0.25, 0.3) is 11.3 Å². The first-order chi connectivity index (χ1) is 10.5. The van der Waals surface area contributed by atoms with E-state index in [1.807, 2.05) is 45.2 Å². The Bertz CT molecular complexity index is 783. The van der Waals surface area contributed by atoms with E-state index in [4.69, 9.17) is 4.74 Å². The lowest BCUT2D eigenvalue weighted by atomic mass is 9.97. The largest absolute Gasteiger partial charge is 0.494 e. The van der Waals surface area contributed by atoms with Crippen LogP contribution in [0.15, 0.2) is 22.1 Å². The molecule has 114 valence electrons. The van der Waals surface area contributed by atoms with Crippen LogP contribution < -0.4 is 10.3 Å². The Labute approximate surface area is 133 Å². The number of ether oxygens (including phenoxy) is 1. The number of nitriles is 1. The van der Waals surface area contributed by atoms with Gasteiger partial charge in [0.25, 0.3) is 5.56 Å². The molecule has 0 aliphatic carbocycles. The Morgan fingerprint density at radius 2 is 2.00 bits per heavy atom. The number of hydrogen-bond donors (Lipinski definition) is 1. The van der Waals surface area contributed by atoms with E-state index >= 15 is 0 Å². The number of nitrogens with one attached hydrogen (secondary N) is 1. The highest BCUT2D eigenvalue weighted by Crippen LogP contribution is 2.31. The van der Waals surface area contributed by atoms with Crippen LogP contribution in [-0.4, -0.2) is 22.8 Å². The third-order valence-corrected chi connectivity index (χ3v) is 3.84. The highest BCUT2D eigenvalue weighted by Gasteiger charge is 2.17. The summed E-state index contributed by atoms with van der Waals surface area (Å²) in [5.41, 5.74) is 2.70. The van der Waals surface area contributed by atoms with Gasteiger partial charge in [0.05, 0.1) is 12.3 Å². The molecule has 0 fully saturated rings. The number of benzene rings is 1. The van der Waals surface area contributed by atoms with E-state index in [-0.39, 0.29) is 5.56 Å². The minimum atomic E-state index is -0.412. The first-order valence-electron chi connectivity index (χ1n) is 6.84. The zero-order valence-electron chi connectivity index (χ0n) is 13.0. The fraction of sp³-hybridized carbons (Fsp3) is 0.312. The van der Waals surface area contributed by atoms with Crippen LogP contribution in [0.3, 0.4) is 0 Å². The van der Waals surface area contributed by atoms with Crippen molar-refractivity contribution in [3.63, 3.8) is 0 Å². The molecule has 2 rings (SSSR count). The Hall–Kier alpha value is -2.26. The van der Waals surface area contributed by atoms with E-state index in [2.05, 4.69) is 9.97 Å². The molecule has 0 saturated carbocycles. The molecule has 1 aromatic carbocycles. The molecule has 0 aliphatic rings. The van der Waals surface area contributed by atoms with E-state index in [9.17, 15) is 10.1 Å². The second-order valence-electron chi connectivity index (χ2n) is 4.78. The lowest BCUT2D eigenvalue weighted by Crippen LogP contribution is -2.15. The molecular formula is C16H17N3O2S. The number of hydrogen-bond acceptors (Lipinski definition) is 5. The molecule has 1 aromatic heterocycles. The first kappa shape index (κ1) is 16.1. The quantitative estimate of drug-likeness (QED) is 0.693. The molecule has 22 heavy (non-hydrogen) atoms. The second kappa shape index (κ2) is 6.67. The molecule has 1 heterocycles. The fourth-order valence-electron chi connectivity index (χ4n) is 2.38. The number of aryl methyl sites for hydroxylation is 2. The maximum atomic E-state index is 12.1. The Balaban J connectivity index is 2.74. The Morgan fingerprint density at radius 3 is 2.50 bits per heavy atom. The van der Waals surface area contributed by atoms with Gasteiger partial charge in [-0.1, -0.05) is 11.8 Å². The average Bonchev–Trinajstić information content (AvgIpc) is 2.46. The summed E-state index contributed by atoms with van der Waals surface area (Å²) in [7, 11) is 0. The van der Waals surface area contributed by atoms with Gasteiger partial charge in [-0.15, -0.1) is 0 Å². The SMILES string of the molecule is CCOc1cc(C)c(-c2nc(SC)[nH]c(=O)c2C#N)c(C)c1. The lowest BCUT2D eigenvalue weighted by Gasteiger charge is -2.14. The number of rotatable bonds is 4. The molecule has 6 heteroatoms. The molecule has 5 nitrogen and oxygen atoms in total. The summed E-state index contributed by atoms with van der Waals surface area (Å²) in [6.07, 6.45) is 1.83. The Morgan fingerprint density at radius 1 is 1.36 bits per heavy atom. The van der Waals surface area contributed by atoms with Gasteiger partial charge in [-0.25, -0.2) is 4.98 Å². The monoisotopic (exact) mass is 315 g/mol. The average molecular weight is 315 g/mol. The fourth-order valence-corrected chi connectivity index (χ4v) is 2.76. The van der Waals surface area contributed by atoms with Gasteiger partial charge in [-0.2, -0.15) is 5.26 Å². The van der Waals surface area contributed by atoms with Gasteiger partial charge in [0.1, 0.15) is 17.4 Å². The molecule has 0 radical (unpaired) electrons. The third-order valence-electron chi connectivity index (χ3n) is 3.26. The summed E-state index contributed by atoms with van der Waals surface area (Å²) in [5.74, 6) is 0.773. The maximum Gasteiger partial charge on any atom is 0.270 e. The van der Waals surface area contributed by atoms with Gasteiger partial charge in [-0.3, -0.25) is 4.79 Å². The second-order valence-corrected chi connectivity index (χ2v) is 5.57. The molecule has 0 saturated heterocycles. The standard InChI is InChI=1S/C16H17N3O2S/c1-5-21-11-6-9(2)13(10(3)7-11)14-12(8-17)15(20)19-16(18-14)22-4/h6-7H,5H2,1-4H3,(H,18,19,20). The van der Waals surface area contributed by atoms with Gasteiger partial charge in [-0.05, 0) is 50.3 Å². The molecule has 0 aliphatic heterocycles. The minimum Gasteiger partial charge on any atom is -0.494 e. The predicted octanol–water partition coefficient (Wildman–Crippen LogP) is 3.05. The number of aromatic amines is 1. The van der Waals surface area contributed by atoms with E-state index in [1.54, 1.807) is 0 Å². The predicted molar refractivity (Wildman–Crippen MR) is 87.4 cm³/mol. The summed E-state index contributed by atoms with van der Waals surface area (Å²) in [4.78, 5) is 19.1. The van der Waals surface area contributed by atoms with Crippen LogP contribution in [0.1, 0.15) is 23.6 Å². The highest BCUT2D eigenvalue weighted by molar-refractivity contribution is 7.98. The molecular weight excluding hydrogens is 298 g/mol. The molecule has 0 unspecified atom stereocenters. The first-order valence-corrected chi connectivity index (χ1v) is 8.07. The zero-order chi connectivity index (χ0) is 16.3. The molecule has 1 N–H and O–H groups in total. The van der Waals surface area contributed by atoms with Crippen LogP contribution in [0, 0.1) is 25.2 Å². The smallest absolute Gasteiger partial charge is 0.270 e. The van der Waals surface area contributed by atoms with E-state index in [0.29, 0.717) is 17.5 Å². The van der Waals surface area contributed by atoms with Gasteiger partial charge >= 0.3 is 0 Å². The van der Waals surface area contributed by atoms with Gasteiger partial charge in [0, 0.05) is 5.56 Å². The Kier molecular flexibility index (Phi) is 4.88. The maximum absolute atomic E-state index is 12.1. The van der Waals surface area contributed by atoms with Crippen molar-refractivity contribution in [2.75, 3.05) is 12.9 Å². The topological polar surface area (TPSA) is 78.8 Å². The highest BCUT2D eigenvalue weighted by atomic mass is 32.2. The minimum absolute atomic E-state index is 0.0353. The number of aromatic nitrogens is 2. The summed E-state index contributed by atoms with van der Waals surface area (Å²) in [5, 5.41) is 9.80. The van der Waals surface area contributed by atoms with Crippen LogP contribution in [0.5, 0.6) is 5.75 Å². The molecule has 0 spiro atoms. The van der Waals surface area contributed by atoms with Crippen LogP contribution in [0.4, 0.5) is 0 Å². The summed E-state index contributed by atoms with van der Waals surface area (Å²) >= 11 is 1.33. The van der Waals surface area contributed by atoms with Crippen LogP contribution >= 0.6 is 11.8 Å². The van der Waals surface area contributed by atoms with Gasteiger partial charge in [0.15, 0.2) is 5.16 Å². The normalized spacial score (nSPS) is 10.3. The van der Waals surface area contributed by atoms with Crippen molar-refractivity contribution >= 4 is 11.8 Å². The number of H-pyrrole nitrogens is 1. The number of nitrogens with zero attached hydrogens (tertiary/aromatic N) is 2. The third kappa shape index (κ3) is 3.00. The molecule has 0 atom stereocenters. The van der Waals surface area contributed by atoms with Gasteiger partial charge < -0.3 is 9.72 Å². The van der Waals surface area contributed by atoms with Gasteiger partial charge in [0.2, 0.25) is 0 Å². The summed E-state index contributed by atoms with van der Waals surface area (Å²) in [6.45, 7) is 6.36. The lowest BCUT2D eigenvalue weighted by molar-refractivity contribution is 0.340. The molecule has 2 aromatic rings. The van der Waals surface area contributed by atoms with Crippen LogP contribution in [0.2, 0.25) is 0 Å². The zero-order valence-corrected chi connectivity index (χ0v) is 13.8. The summed E-state index contributed by atoms with van der Waals surface area (Å²) in [6, 6.07) is 5.76. The molecule has 0 amide bonds. The van der Waals surface area contributed by atoms with Crippen molar-refractivity contribution in [1.29, 1.82) is 5.26 Å². The van der Waals surface area contributed by atoms with Crippen molar-refractivity contribution in [2.24, 2.45) is 0 Å². The van der Waals surface area contributed by atoms with E-state index in [1.165, 1.54) is 11.8 Å². The summed E-state index contributed by atoms with van der Waals surface area (Å²) < 4.78 is 5.53. The van der Waals surface area contributed by atoms with Crippen molar-refractivity contribution in [3.8, 4) is 23.1 Å². The van der Waals surface area contributed by atoms with Crippen molar-refractivity contribution in [1.82, 2.24) is 9.97 Å². The van der Waals surface area contributed by atoms with Crippen molar-refractivity contribution in [3.05, 3.63) is 39.2 Å². The van der Waals surface area contributed by atoms with Crippen molar-refractivity contribution < 1.29 is 4.74 Å². The van der Waals surface area contributed by atoms with Crippen molar-refractivity contribution in [2.45, 2.75) is 25.9 Å².